The zero-order valence-electron chi connectivity index (χ0n) is 11.0. The molecule has 0 saturated heterocycles. The third kappa shape index (κ3) is 6.32. The molecule has 0 aromatic heterocycles. The number of carbonyl (C=O) groups is 1. The predicted molar refractivity (Wildman–Crippen MR) is 68.8 cm³/mol. The number of hydrogen-bond acceptors (Lipinski definition) is 4. The van der Waals surface area contributed by atoms with Crippen LogP contribution in [-0.4, -0.2) is 54.4 Å². The molecule has 0 aliphatic carbocycles. The number of sulfonamides is 1. The summed E-state index contributed by atoms with van der Waals surface area (Å²) in [6, 6.07) is 0. The fourth-order valence-electron chi connectivity index (χ4n) is 1.43. The lowest BCUT2D eigenvalue weighted by atomic mass is 10.2. The molecule has 0 spiro atoms. The molecule has 18 heavy (non-hydrogen) atoms. The number of nitrogens with zero attached hydrogens (tertiary/aromatic N) is 1. The van der Waals surface area contributed by atoms with Crippen LogP contribution in [0.25, 0.3) is 0 Å². The van der Waals surface area contributed by atoms with E-state index in [0.29, 0.717) is 12.8 Å². The zero-order chi connectivity index (χ0) is 14.2. The molecular weight excluding hydrogens is 258 g/mol. The highest BCUT2D eigenvalue weighted by molar-refractivity contribution is 7.89. The topological polar surface area (TPSA) is 94.9 Å². The molecule has 0 aromatic carbocycles. The van der Waals surface area contributed by atoms with Crippen molar-refractivity contribution in [3.63, 3.8) is 0 Å². The summed E-state index contributed by atoms with van der Waals surface area (Å²) in [5.41, 5.74) is 0. The predicted octanol–water partition coefficient (Wildman–Crippen LogP) is 0.521. The van der Waals surface area contributed by atoms with Crippen molar-refractivity contribution >= 4 is 16.0 Å². The molecule has 7 heteroatoms. The van der Waals surface area contributed by atoms with Gasteiger partial charge in [-0.2, -0.15) is 0 Å². The summed E-state index contributed by atoms with van der Waals surface area (Å²) in [4.78, 5) is 10.8. The monoisotopic (exact) mass is 281 g/mol. The maximum absolute atomic E-state index is 12.0. The van der Waals surface area contributed by atoms with Crippen molar-refractivity contribution < 1.29 is 23.4 Å². The lowest BCUT2D eigenvalue weighted by Gasteiger charge is -2.23. The summed E-state index contributed by atoms with van der Waals surface area (Å²) >= 11 is 0. The van der Waals surface area contributed by atoms with E-state index in [1.165, 1.54) is 11.2 Å². The molecule has 0 amide bonds. The Morgan fingerprint density at radius 2 is 1.94 bits per heavy atom. The number of rotatable bonds is 10. The maximum atomic E-state index is 12.0. The number of aliphatic hydroxyl groups is 1. The van der Waals surface area contributed by atoms with E-state index < -0.39 is 21.9 Å². The Kier molecular flexibility index (Phi) is 8.13. The minimum Gasteiger partial charge on any atom is -0.481 e. The Morgan fingerprint density at radius 3 is 2.39 bits per heavy atom. The lowest BCUT2D eigenvalue weighted by Crippen LogP contribution is -2.39. The van der Waals surface area contributed by atoms with Gasteiger partial charge in [0.1, 0.15) is 0 Å². The van der Waals surface area contributed by atoms with Gasteiger partial charge in [0, 0.05) is 19.7 Å². The van der Waals surface area contributed by atoms with Crippen molar-refractivity contribution in [3.05, 3.63) is 0 Å². The molecule has 0 aliphatic heterocycles. The van der Waals surface area contributed by atoms with Crippen molar-refractivity contribution in [1.82, 2.24) is 4.31 Å². The summed E-state index contributed by atoms with van der Waals surface area (Å²) < 4.78 is 25.2. The molecule has 2 N–H and O–H groups in total. The maximum Gasteiger partial charge on any atom is 0.307 e. The fourth-order valence-corrected chi connectivity index (χ4v) is 3.20. The van der Waals surface area contributed by atoms with Crippen LogP contribution in [0.15, 0.2) is 0 Å². The highest BCUT2D eigenvalue weighted by Gasteiger charge is 2.25. The largest absolute Gasteiger partial charge is 0.481 e. The zero-order valence-corrected chi connectivity index (χ0v) is 11.8. The van der Waals surface area contributed by atoms with E-state index in [2.05, 4.69) is 0 Å². The van der Waals surface area contributed by atoms with E-state index in [1.807, 2.05) is 6.92 Å². The molecular formula is C11H23NO5S. The van der Waals surface area contributed by atoms with Crippen LogP contribution < -0.4 is 0 Å². The number of aliphatic carboxylic acids is 1. The van der Waals surface area contributed by atoms with Crippen LogP contribution in [0, 0.1) is 5.92 Å². The van der Waals surface area contributed by atoms with E-state index in [1.54, 1.807) is 0 Å². The molecule has 0 radical (unpaired) electrons. The van der Waals surface area contributed by atoms with Crippen molar-refractivity contribution in [2.45, 2.75) is 33.1 Å². The van der Waals surface area contributed by atoms with Crippen molar-refractivity contribution in [1.29, 1.82) is 0 Å². The van der Waals surface area contributed by atoms with Gasteiger partial charge in [-0.15, -0.1) is 0 Å². The van der Waals surface area contributed by atoms with Gasteiger partial charge < -0.3 is 10.2 Å². The highest BCUT2D eigenvalue weighted by atomic mass is 32.2. The van der Waals surface area contributed by atoms with Crippen LogP contribution in [0.5, 0.6) is 0 Å². The standard InChI is InChI=1S/C11H23NO5S/c1-3-4-8-18(16,17)12(6-5-7-13)9-10(2)11(14)15/h10,13H,3-9H2,1-2H3,(H,14,15). The number of carboxylic acid groups (broad SMARTS) is 1. The van der Waals surface area contributed by atoms with Crippen LogP contribution in [-0.2, 0) is 14.8 Å². The van der Waals surface area contributed by atoms with Crippen molar-refractivity contribution in [2.24, 2.45) is 5.92 Å². The second kappa shape index (κ2) is 8.44. The normalized spacial score (nSPS) is 13.8. The van der Waals surface area contributed by atoms with Crippen LogP contribution in [0.4, 0.5) is 0 Å². The smallest absolute Gasteiger partial charge is 0.307 e. The Labute approximate surface area is 109 Å². The molecule has 0 bridgehead atoms. The minimum atomic E-state index is -3.43. The second-order valence-corrected chi connectivity index (χ2v) is 6.43. The summed E-state index contributed by atoms with van der Waals surface area (Å²) in [5.74, 6) is -1.74. The SMILES string of the molecule is CCCCS(=O)(=O)N(CCCO)CC(C)C(=O)O. The van der Waals surface area contributed by atoms with Gasteiger partial charge in [0.15, 0.2) is 0 Å². The van der Waals surface area contributed by atoms with Crippen LogP contribution >= 0.6 is 0 Å². The Hall–Kier alpha value is -0.660. The average Bonchev–Trinajstić information content (AvgIpc) is 2.31. The van der Waals surface area contributed by atoms with Crippen LogP contribution in [0.2, 0.25) is 0 Å². The van der Waals surface area contributed by atoms with Gasteiger partial charge in [-0.1, -0.05) is 20.3 Å². The van der Waals surface area contributed by atoms with Gasteiger partial charge in [-0.25, -0.2) is 12.7 Å². The highest BCUT2D eigenvalue weighted by Crippen LogP contribution is 2.10. The Balaban J connectivity index is 4.70. The molecule has 1 atom stereocenters. The molecule has 0 saturated carbocycles. The lowest BCUT2D eigenvalue weighted by molar-refractivity contribution is -0.141. The third-order valence-electron chi connectivity index (χ3n) is 2.61. The van der Waals surface area contributed by atoms with E-state index in [4.69, 9.17) is 10.2 Å². The van der Waals surface area contributed by atoms with E-state index in [9.17, 15) is 13.2 Å². The average molecular weight is 281 g/mol. The van der Waals surface area contributed by atoms with E-state index in [0.717, 1.165) is 6.42 Å². The number of carboxylic acids is 1. The molecule has 1 unspecified atom stereocenters. The van der Waals surface area contributed by atoms with Gasteiger partial charge in [0.05, 0.1) is 11.7 Å². The number of unbranched alkanes of at least 4 members (excludes halogenated alkanes) is 1. The van der Waals surface area contributed by atoms with E-state index in [-0.39, 0.29) is 25.4 Å². The van der Waals surface area contributed by atoms with Gasteiger partial charge >= 0.3 is 5.97 Å². The first-order valence-electron chi connectivity index (χ1n) is 6.16. The molecule has 0 fully saturated rings. The fraction of sp³-hybridized carbons (Fsp3) is 0.909. The molecule has 0 rings (SSSR count). The van der Waals surface area contributed by atoms with Crippen molar-refractivity contribution in [2.75, 3.05) is 25.4 Å². The minimum absolute atomic E-state index is 0.0290. The quantitative estimate of drug-likeness (QED) is 0.609. The van der Waals surface area contributed by atoms with Gasteiger partial charge in [0.2, 0.25) is 10.0 Å². The third-order valence-corrected chi connectivity index (χ3v) is 4.54. The Morgan fingerprint density at radius 1 is 1.33 bits per heavy atom. The first-order valence-corrected chi connectivity index (χ1v) is 7.77. The summed E-state index contributed by atoms with van der Waals surface area (Å²) in [6.45, 7) is 3.39. The van der Waals surface area contributed by atoms with Gasteiger partial charge in [-0.05, 0) is 12.8 Å². The molecule has 6 nitrogen and oxygen atoms in total. The van der Waals surface area contributed by atoms with Crippen molar-refractivity contribution in [3.8, 4) is 0 Å². The number of hydrogen-bond donors (Lipinski definition) is 2. The first kappa shape index (κ1) is 17.3. The second-order valence-electron chi connectivity index (χ2n) is 4.34. The summed E-state index contributed by atoms with van der Waals surface area (Å²) in [6.07, 6.45) is 1.64. The first-order chi connectivity index (χ1) is 8.35. The Bertz CT molecular complexity index is 341. The number of aliphatic hydroxyl groups excluding tert-OH is 1. The van der Waals surface area contributed by atoms with E-state index >= 15 is 0 Å². The van der Waals surface area contributed by atoms with Crippen LogP contribution in [0.3, 0.4) is 0 Å². The van der Waals surface area contributed by atoms with Gasteiger partial charge in [0.25, 0.3) is 0 Å². The molecule has 0 heterocycles. The van der Waals surface area contributed by atoms with Gasteiger partial charge in [-0.3, -0.25) is 4.79 Å². The molecule has 0 aromatic rings. The summed E-state index contributed by atoms with van der Waals surface area (Å²) in [7, 11) is -3.43. The summed E-state index contributed by atoms with van der Waals surface area (Å²) in [5, 5.41) is 17.6. The molecule has 108 valence electrons. The van der Waals surface area contributed by atoms with Crippen LogP contribution in [0.1, 0.15) is 33.1 Å². The molecule has 0 aliphatic rings.